The predicted molar refractivity (Wildman–Crippen MR) is 142 cm³/mol. The first-order chi connectivity index (χ1) is 17.5. The number of hydrogen-bond donors (Lipinski definition) is 0. The van der Waals surface area contributed by atoms with E-state index in [1.807, 2.05) is 18.2 Å². The second kappa shape index (κ2) is 10.7. The van der Waals surface area contributed by atoms with Crippen LogP contribution < -0.4 is 9.64 Å². The van der Waals surface area contributed by atoms with Crippen LogP contribution in [0.3, 0.4) is 0 Å². The minimum absolute atomic E-state index is 0.272. The highest BCUT2D eigenvalue weighted by Crippen LogP contribution is 2.40. The number of carbonyl (C=O) groups is 1. The van der Waals surface area contributed by atoms with Crippen LogP contribution in [-0.4, -0.2) is 67.5 Å². The standard InChI is InChI=1S/C25H24Cl2N4O4S/c1-15-20(21(29-35-15)16-5-3-4-6-17(16)26)24(32)31(10-9-30-11-13-34-14-12-30)25-28-22-19(33-2)8-7-18(27)23(22)36-25/h3-8H,9-14H2,1-2H3. The molecule has 1 aliphatic rings. The number of anilines is 1. The van der Waals surface area contributed by atoms with Gasteiger partial charge in [-0.25, -0.2) is 4.98 Å². The molecular weight excluding hydrogens is 523 g/mol. The van der Waals surface area contributed by atoms with Crippen LogP contribution in [0.4, 0.5) is 5.13 Å². The number of aryl methyl sites for hydroxylation is 1. The summed E-state index contributed by atoms with van der Waals surface area (Å²) in [5, 5.41) is 5.73. The summed E-state index contributed by atoms with van der Waals surface area (Å²) < 4.78 is 17.2. The number of thiazole rings is 1. The van der Waals surface area contributed by atoms with Gasteiger partial charge in [0, 0.05) is 31.7 Å². The molecule has 0 radical (unpaired) electrons. The third kappa shape index (κ3) is 4.81. The van der Waals surface area contributed by atoms with Gasteiger partial charge in [0.2, 0.25) is 0 Å². The number of nitrogens with zero attached hydrogens (tertiary/aromatic N) is 4. The van der Waals surface area contributed by atoms with Crippen molar-refractivity contribution in [3.63, 3.8) is 0 Å². The maximum atomic E-state index is 14.2. The minimum atomic E-state index is -0.272. The summed E-state index contributed by atoms with van der Waals surface area (Å²) in [4.78, 5) is 22.9. The number of amides is 1. The van der Waals surface area contributed by atoms with Crippen LogP contribution in [-0.2, 0) is 4.74 Å². The average Bonchev–Trinajstić information content (AvgIpc) is 3.50. The van der Waals surface area contributed by atoms with E-state index in [1.54, 1.807) is 37.1 Å². The second-order valence-electron chi connectivity index (χ2n) is 8.28. The summed E-state index contributed by atoms with van der Waals surface area (Å²) in [7, 11) is 1.58. The molecule has 188 valence electrons. The fourth-order valence-electron chi connectivity index (χ4n) is 4.17. The monoisotopic (exact) mass is 546 g/mol. The fraction of sp³-hybridized carbons (Fsp3) is 0.320. The van der Waals surface area contributed by atoms with Crippen molar-refractivity contribution in [2.24, 2.45) is 0 Å². The van der Waals surface area contributed by atoms with Gasteiger partial charge in [-0.3, -0.25) is 14.6 Å². The van der Waals surface area contributed by atoms with Gasteiger partial charge in [-0.2, -0.15) is 0 Å². The molecule has 0 aliphatic carbocycles. The van der Waals surface area contributed by atoms with Gasteiger partial charge in [0.25, 0.3) is 5.91 Å². The normalized spacial score (nSPS) is 14.3. The van der Waals surface area contributed by atoms with Crippen molar-refractivity contribution < 1.29 is 18.8 Å². The molecule has 11 heteroatoms. The van der Waals surface area contributed by atoms with E-state index in [2.05, 4.69) is 10.1 Å². The molecule has 36 heavy (non-hydrogen) atoms. The number of hydrogen-bond acceptors (Lipinski definition) is 8. The lowest BCUT2D eigenvalue weighted by molar-refractivity contribution is 0.0391. The zero-order chi connectivity index (χ0) is 25.2. The SMILES string of the molecule is COc1ccc(Cl)c2sc(N(CCN3CCOCC3)C(=O)c3c(-c4ccccc4Cl)noc3C)nc12. The van der Waals surface area contributed by atoms with Crippen LogP contribution in [0.5, 0.6) is 5.75 Å². The fourth-order valence-corrected chi connectivity index (χ4v) is 5.67. The van der Waals surface area contributed by atoms with E-state index < -0.39 is 0 Å². The van der Waals surface area contributed by atoms with E-state index in [-0.39, 0.29) is 5.91 Å². The van der Waals surface area contributed by atoms with Gasteiger partial charge in [-0.05, 0) is 25.1 Å². The summed E-state index contributed by atoms with van der Waals surface area (Å²) in [5.41, 5.74) is 1.99. The lowest BCUT2D eigenvalue weighted by atomic mass is 10.1. The van der Waals surface area contributed by atoms with Gasteiger partial charge in [0.05, 0.1) is 35.1 Å². The van der Waals surface area contributed by atoms with Crippen LogP contribution in [0, 0.1) is 6.92 Å². The molecule has 1 aliphatic heterocycles. The van der Waals surface area contributed by atoms with Crippen LogP contribution in [0.25, 0.3) is 21.5 Å². The first kappa shape index (κ1) is 25.0. The number of morpholine rings is 1. The molecule has 2 aromatic carbocycles. The van der Waals surface area contributed by atoms with Gasteiger partial charge in [-0.1, -0.05) is 57.9 Å². The quantitative estimate of drug-likeness (QED) is 0.300. The molecule has 0 unspecified atom stereocenters. The van der Waals surface area contributed by atoms with Gasteiger partial charge < -0.3 is 14.0 Å². The Bertz CT molecular complexity index is 1400. The average molecular weight is 547 g/mol. The number of fused-ring (bicyclic) bond motifs is 1. The van der Waals surface area contributed by atoms with E-state index in [1.165, 1.54) is 11.3 Å². The number of halogens is 2. The summed E-state index contributed by atoms with van der Waals surface area (Å²) in [5.74, 6) is 0.726. The molecule has 4 aromatic rings. The molecule has 3 heterocycles. The smallest absolute Gasteiger partial charge is 0.266 e. The van der Waals surface area contributed by atoms with Crippen LogP contribution in [0.15, 0.2) is 40.9 Å². The zero-order valence-electron chi connectivity index (χ0n) is 19.8. The van der Waals surface area contributed by atoms with Crippen LogP contribution >= 0.6 is 34.5 Å². The van der Waals surface area contributed by atoms with Gasteiger partial charge in [-0.15, -0.1) is 0 Å². The summed E-state index contributed by atoms with van der Waals surface area (Å²) in [6, 6.07) is 10.8. The van der Waals surface area contributed by atoms with Crippen molar-refractivity contribution in [2.45, 2.75) is 6.92 Å². The topological polar surface area (TPSA) is 80.9 Å². The molecule has 1 saturated heterocycles. The lowest BCUT2D eigenvalue weighted by Crippen LogP contribution is -2.43. The largest absolute Gasteiger partial charge is 0.494 e. The minimum Gasteiger partial charge on any atom is -0.494 e. The number of rotatable bonds is 7. The molecule has 1 amide bonds. The van der Waals surface area contributed by atoms with E-state index in [4.69, 9.17) is 42.2 Å². The van der Waals surface area contributed by atoms with E-state index in [0.717, 1.165) is 17.8 Å². The molecule has 0 saturated carbocycles. The molecule has 0 N–H and O–H groups in total. The Morgan fingerprint density at radius 2 is 1.94 bits per heavy atom. The number of benzene rings is 2. The number of aromatic nitrogens is 2. The number of carbonyl (C=O) groups excluding carboxylic acids is 1. The van der Waals surface area contributed by atoms with Crippen molar-refractivity contribution in [1.82, 2.24) is 15.0 Å². The van der Waals surface area contributed by atoms with E-state index in [9.17, 15) is 4.79 Å². The maximum absolute atomic E-state index is 14.2. The Labute approximate surface area is 222 Å². The molecule has 8 nitrogen and oxygen atoms in total. The first-order valence-electron chi connectivity index (χ1n) is 11.4. The summed E-state index contributed by atoms with van der Waals surface area (Å²) in [6.07, 6.45) is 0. The predicted octanol–water partition coefficient (Wildman–Crippen LogP) is 5.55. The third-order valence-electron chi connectivity index (χ3n) is 6.09. The molecule has 2 aromatic heterocycles. The van der Waals surface area contributed by atoms with E-state index >= 15 is 0 Å². The molecule has 0 atom stereocenters. The Morgan fingerprint density at radius 1 is 1.17 bits per heavy atom. The third-order valence-corrected chi connectivity index (χ3v) is 7.96. The van der Waals surface area contributed by atoms with Crippen LogP contribution in [0.1, 0.15) is 16.1 Å². The van der Waals surface area contributed by atoms with Crippen molar-refractivity contribution in [2.75, 3.05) is 51.4 Å². The Balaban J connectivity index is 1.58. The lowest BCUT2D eigenvalue weighted by Gasteiger charge is -2.29. The zero-order valence-corrected chi connectivity index (χ0v) is 22.1. The van der Waals surface area contributed by atoms with Crippen molar-refractivity contribution in [3.8, 4) is 17.0 Å². The van der Waals surface area contributed by atoms with E-state index in [0.29, 0.717) is 75.3 Å². The van der Waals surface area contributed by atoms with Gasteiger partial charge >= 0.3 is 0 Å². The summed E-state index contributed by atoms with van der Waals surface area (Å²) in [6.45, 7) is 5.73. The van der Waals surface area contributed by atoms with Crippen molar-refractivity contribution >= 4 is 55.8 Å². The highest BCUT2D eigenvalue weighted by Gasteiger charge is 2.30. The number of methoxy groups -OCH3 is 1. The number of ether oxygens (including phenoxy) is 2. The van der Waals surface area contributed by atoms with Crippen LogP contribution in [0.2, 0.25) is 10.0 Å². The highest BCUT2D eigenvalue weighted by atomic mass is 35.5. The van der Waals surface area contributed by atoms with Gasteiger partial charge in [0.15, 0.2) is 5.13 Å². The molecular formula is C25H24Cl2N4O4S. The van der Waals surface area contributed by atoms with Gasteiger partial charge in [0.1, 0.15) is 28.3 Å². The molecule has 0 bridgehead atoms. The molecule has 0 spiro atoms. The van der Waals surface area contributed by atoms with Crippen molar-refractivity contribution in [3.05, 3.63) is 57.8 Å². The Kier molecular flexibility index (Phi) is 7.45. The Hall–Kier alpha value is -2.69. The highest BCUT2D eigenvalue weighted by molar-refractivity contribution is 7.23. The maximum Gasteiger partial charge on any atom is 0.266 e. The van der Waals surface area contributed by atoms with Crippen molar-refractivity contribution in [1.29, 1.82) is 0 Å². The summed E-state index contributed by atoms with van der Waals surface area (Å²) >= 11 is 14.3. The first-order valence-corrected chi connectivity index (χ1v) is 13.0. The molecule has 1 fully saturated rings. The Morgan fingerprint density at radius 3 is 2.69 bits per heavy atom. The molecule has 5 rings (SSSR count). The second-order valence-corrected chi connectivity index (χ2v) is 10.1.